The molecule has 0 bridgehead atoms. The number of nitrogens with zero attached hydrogens (tertiary/aromatic N) is 6. The molecule has 10 heteroatoms. The second kappa shape index (κ2) is 9.89. The summed E-state index contributed by atoms with van der Waals surface area (Å²) < 4.78 is 15.2. The summed E-state index contributed by atoms with van der Waals surface area (Å²) in [5, 5.41) is 22.4. The van der Waals surface area contributed by atoms with Gasteiger partial charge in [-0.3, -0.25) is 4.90 Å². The zero-order chi connectivity index (χ0) is 25.5. The van der Waals surface area contributed by atoms with Crippen LogP contribution in [-0.2, 0) is 17.4 Å². The van der Waals surface area contributed by atoms with Crippen LogP contribution in [0.1, 0.15) is 38.2 Å². The van der Waals surface area contributed by atoms with Crippen molar-refractivity contribution >= 4 is 19.1 Å². The van der Waals surface area contributed by atoms with Crippen LogP contribution in [0.4, 0.5) is 0 Å². The van der Waals surface area contributed by atoms with E-state index in [9.17, 15) is 5.11 Å². The van der Waals surface area contributed by atoms with Crippen molar-refractivity contribution in [3.05, 3.63) is 30.1 Å². The summed E-state index contributed by atoms with van der Waals surface area (Å²) in [5.41, 5.74) is 0.670. The molecule has 1 saturated heterocycles. The monoisotopic (exact) mass is 512 g/mol. The Morgan fingerprint density at radius 3 is 2.89 bits per heavy atom. The number of aryl methyl sites for hydroxylation is 1. The molecule has 0 aromatic carbocycles. The molecule has 0 radical (unpaired) electrons. The average molecular weight is 513 g/mol. The van der Waals surface area contributed by atoms with E-state index < -0.39 is 13.7 Å². The van der Waals surface area contributed by atoms with E-state index in [-0.39, 0.29) is 12.1 Å². The molecule has 2 aliphatic rings. The summed E-state index contributed by atoms with van der Waals surface area (Å²) in [6.45, 7) is 12.1. The minimum absolute atomic E-state index is 0.0437. The van der Waals surface area contributed by atoms with Crippen molar-refractivity contribution in [3.8, 4) is 11.7 Å². The molecule has 1 N–H and O–H groups in total. The van der Waals surface area contributed by atoms with Gasteiger partial charge in [0.05, 0.1) is 26.0 Å². The minimum Gasteiger partial charge on any atom is -0.477 e. The maximum Gasteiger partial charge on any atom is 0.235 e. The van der Waals surface area contributed by atoms with Gasteiger partial charge < -0.3 is 14.6 Å². The summed E-state index contributed by atoms with van der Waals surface area (Å²) >= 11 is 0. The lowest BCUT2D eigenvalue weighted by molar-refractivity contribution is -0.119. The Morgan fingerprint density at radius 2 is 2.11 bits per heavy atom. The van der Waals surface area contributed by atoms with Gasteiger partial charge in [0.1, 0.15) is 5.60 Å². The quantitative estimate of drug-likeness (QED) is 0.483. The van der Waals surface area contributed by atoms with Crippen LogP contribution < -0.4 is 4.74 Å². The number of morpholine rings is 1. The molecular weight excluding hydrogens is 472 g/mol. The first-order chi connectivity index (χ1) is 17.2. The van der Waals surface area contributed by atoms with E-state index in [4.69, 9.17) is 14.6 Å². The second-order valence-electron chi connectivity index (χ2n) is 11.6. The van der Waals surface area contributed by atoms with E-state index in [0.717, 1.165) is 60.7 Å². The Hall–Kier alpha value is -2.27. The van der Waals surface area contributed by atoms with Crippen LogP contribution in [0.2, 0.25) is 25.7 Å². The van der Waals surface area contributed by atoms with Crippen molar-refractivity contribution in [1.82, 2.24) is 29.4 Å². The van der Waals surface area contributed by atoms with Crippen molar-refractivity contribution in [2.45, 2.75) is 76.0 Å². The molecular formula is C26H40N6O3Si. The van der Waals surface area contributed by atoms with Gasteiger partial charge in [0.25, 0.3) is 0 Å². The molecule has 3 unspecified atom stereocenters. The van der Waals surface area contributed by atoms with Crippen LogP contribution in [0.25, 0.3) is 16.9 Å². The molecule has 1 saturated carbocycles. The highest BCUT2D eigenvalue weighted by Crippen LogP contribution is 2.43. The van der Waals surface area contributed by atoms with E-state index in [1.807, 2.05) is 25.4 Å². The van der Waals surface area contributed by atoms with Crippen molar-refractivity contribution < 1.29 is 14.6 Å². The third kappa shape index (κ3) is 4.83. The zero-order valence-corrected chi connectivity index (χ0v) is 23.3. The summed E-state index contributed by atoms with van der Waals surface area (Å²) in [4.78, 5) is 7.13. The average Bonchev–Trinajstić information content (AvgIpc) is 3.42. The van der Waals surface area contributed by atoms with Gasteiger partial charge in [-0.15, -0.1) is 5.10 Å². The predicted octanol–water partition coefficient (Wildman–Crippen LogP) is 3.72. The number of fused-ring (bicyclic) bond motifs is 1. The first kappa shape index (κ1) is 25.4. The first-order valence-electron chi connectivity index (χ1n) is 13.2. The van der Waals surface area contributed by atoms with Gasteiger partial charge >= 0.3 is 0 Å². The Morgan fingerprint density at radius 1 is 1.28 bits per heavy atom. The van der Waals surface area contributed by atoms with Gasteiger partial charge in [0.2, 0.25) is 5.88 Å². The van der Waals surface area contributed by atoms with Crippen molar-refractivity contribution in [3.63, 3.8) is 0 Å². The number of hydrogen-bond acceptors (Lipinski definition) is 7. The van der Waals surface area contributed by atoms with Crippen molar-refractivity contribution in [1.29, 1.82) is 0 Å². The Labute approximate surface area is 214 Å². The highest BCUT2D eigenvalue weighted by molar-refractivity contribution is 6.76. The molecule has 9 nitrogen and oxygen atoms in total. The highest BCUT2D eigenvalue weighted by atomic mass is 28.3. The maximum absolute atomic E-state index is 12.3. The van der Waals surface area contributed by atoms with Gasteiger partial charge in [-0.2, -0.15) is 9.78 Å². The first-order valence-corrected chi connectivity index (χ1v) is 16.9. The molecule has 2 fully saturated rings. The fraction of sp³-hybridized carbons (Fsp3) is 0.654. The molecule has 3 atom stereocenters. The largest absolute Gasteiger partial charge is 0.477 e. The molecule has 1 aliphatic carbocycles. The lowest BCUT2D eigenvalue weighted by Crippen LogP contribution is -2.58. The van der Waals surface area contributed by atoms with Gasteiger partial charge in [-0.1, -0.05) is 32.5 Å². The Balaban J connectivity index is 1.48. The summed E-state index contributed by atoms with van der Waals surface area (Å²) in [6.07, 6.45) is 7.46. The zero-order valence-electron chi connectivity index (χ0n) is 22.3. The third-order valence-electron chi connectivity index (χ3n) is 7.75. The van der Waals surface area contributed by atoms with E-state index >= 15 is 0 Å². The van der Waals surface area contributed by atoms with Crippen LogP contribution in [0.15, 0.2) is 24.5 Å². The Kier molecular flexibility index (Phi) is 6.97. The van der Waals surface area contributed by atoms with Gasteiger partial charge in [0.15, 0.2) is 11.5 Å². The molecule has 3 aromatic rings. The summed E-state index contributed by atoms with van der Waals surface area (Å²) in [5.74, 6) is 1.38. The summed E-state index contributed by atoms with van der Waals surface area (Å²) in [7, 11) is 0.710. The maximum atomic E-state index is 12.3. The van der Waals surface area contributed by atoms with E-state index in [2.05, 4.69) is 41.5 Å². The predicted molar refractivity (Wildman–Crippen MR) is 142 cm³/mol. The van der Waals surface area contributed by atoms with Gasteiger partial charge in [-0.05, 0) is 37.4 Å². The van der Waals surface area contributed by atoms with Crippen molar-refractivity contribution in [2.24, 2.45) is 7.05 Å². The number of hydrogen-bond donors (Lipinski definition) is 1. The van der Waals surface area contributed by atoms with Crippen LogP contribution >= 0.6 is 0 Å². The molecule has 36 heavy (non-hydrogen) atoms. The third-order valence-corrected chi connectivity index (χ3v) is 9.45. The lowest BCUT2D eigenvalue weighted by atomic mass is 9.74. The summed E-state index contributed by atoms with van der Waals surface area (Å²) in [6, 6.07) is 5.30. The molecule has 3 aromatic heterocycles. The van der Waals surface area contributed by atoms with E-state index in [1.165, 1.54) is 0 Å². The van der Waals surface area contributed by atoms with Crippen LogP contribution in [0.5, 0.6) is 5.88 Å². The number of aliphatic hydroxyl groups is 1. The fourth-order valence-electron chi connectivity index (χ4n) is 5.73. The lowest BCUT2D eigenvalue weighted by Gasteiger charge is -2.49. The minimum atomic E-state index is -1.18. The SMILES string of the molecule is CC1COCCN1C1CCCCC1(O)c1ccnc2c1cnn2-c1cc(OCC[Si](C)(C)C)nn1C. The Bertz CT molecular complexity index is 1200. The number of ether oxygens (including phenoxy) is 2. The van der Waals surface area contributed by atoms with E-state index in [0.29, 0.717) is 25.7 Å². The molecule has 5 rings (SSSR count). The topological polar surface area (TPSA) is 90.5 Å². The van der Waals surface area contributed by atoms with Crippen LogP contribution in [0.3, 0.4) is 0 Å². The molecule has 0 amide bonds. The number of rotatable bonds is 7. The number of aromatic nitrogens is 5. The fourth-order valence-corrected chi connectivity index (χ4v) is 6.45. The van der Waals surface area contributed by atoms with Crippen molar-refractivity contribution in [2.75, 3.05) is 26.4 Å². The van der Waals surface area contributed by atoms with Crippen LogP contribution in [0, 0.1) is 0 Å². The van der Waals surface area contributed by atoms with Gasteiger partial charge in [0, 0.05) is 51.4 Å². The molecule has 4 heterocycles. The van der Waals surface area contributed by atoms with Crippen LogP contribution in [-0.4, -0.2) is 81.1 Å². The number of pyridine rings is 1. The van der Waals surface area contributed by atoms with E-state index in [1.54, 1.807) is 15.6 Å². The standard InChI is InChI=1S/C26H40N6O3Si/c1-19-18-34-13-12-31(19)22-8-6-7-10-26(22,33)21-9-11-27-25-20(21)17-28-32(25)24-16-23(29-30(24)2)35-14-15-36(3,4)5/h9,11,16-17,19,22,33H,6-8,10,12-15,18H2,1-5H3. The molecule has 196 valence electrons. The van der Waals surface area contributed by atoms with Gasteiger partial charge in [-0.25, -0.2) is 9.67 Å². The molecule has 0 spiro atoms. The smallest absolute Gasteiger partial charge is 0.235 e. The normalized spacial score (nSPS) is 25.9. The highest BCUT2D eigenvalue weighted by Gasteiger charge is 2.46. The second-order valence-corrected chi connectivity index (χ2v) is 17.2. The molecule has 1 aliphatic heterocycles.